The van der Waals surface area contributed by atoms with E-state index in [2.05, 4.69) is 4.98 Å². The van der Waals surface area contributed by atoms with Gasteiger partial charge >= 0.3 is 11.9 Å². The number of carboxylic acids is 1. The summed E-state index contributed by atoms with van der Waals surface area (Å²) in [7, 11) is 0. The average molecular weight is 323 g/mol. The summed E-state index contributed by atoms with van der Waals surface area (Å²) in [6, 6.07) is 6.64. The molecular weight excluding hydrogens is 310 g/mol. The van der Waals surface area contributed by atoms with Crippen LogP contribution in [0.4, 0.5) is 0 Å². The number of ether oxygens (including phenoxy) is 1. The molecule has 0 fully saturated rings. The molecule has 110 valence electrons. The molecule has 0 saturated heterocycles. The summed E-state index contributed by atoms with van der Waals surface area (Å²) in [5.41, 5.74) is 1.06. The van der Waals surface area contributed by atoms with Crippen LogP contribution < -0.4 is 0 Å². The molecule has 2 aromatic rings. The van der Waals surface area contributed by atoms with Crippen molar-refractivity contribution >= 4 is 35.0 Å². The molecule has 0 bridgehead atoms. The lowest BCUT2D eigenvalue weighted by Crippen LogP contribution is -2.03. The Labute approximate surface area is 130 Å². The van der Waals surface area contributed by atoms with Crippen LogP contribution >= 0.6 is 23.1 Å². The molecule has 0 unspecified atom stereocenters. The number of hydrogen-bond acceptors (Lipinski definition) is 6. The van der Waals surface area contributed by atoms with Crippen LogP contribution in [0.25, 0.3) is 0 Å². The standard InChI is InChI=1S/C14H13NO4S2/c1-2-19-14(18)12-15-10(8-21-12)7-20-11-5-3-9(4-6-11)13(16)17/h3-6,8H,2,7H2,1H3,(H,16,17). The van der Waals surface area contributed by atoms with E-state index >= 15 is 0 Å². The normalized spacial score (nSPS) is 10.3. The van der Waals surface area contributed by atoms with Crippen molar-refractivity contribution in [2.75, 3.05) is 6.61 Å². The Kier molecular flexibility index (Phi) is 5.35. The van der Waals surface area contributed by atoms with E-state index < -0.39 is 11.9 Å². The number of carboxylic acid groups (broad SMARTS) is 1. The average Bonchev–Trinajstić information content (AvgIpc) is 2.95. The summed E-state index contributed by atoms with van der Waals surface area (Å²) in [4.78, 5) is 27.4. The third-order valence-electron chi connectivity index (χ3n) is 2.49. The zero-order valence-electron chi connectivity index (χ0n) is 11.2. The fraction of sp³-hybridized carbons (Fsp3) is 0.214. The highest BCUT2D eigenvalue weighted by Gasteiger charge is 2.12. The number of carbonyl (C=O) groups is 2. The number of thiazole rings is 1. The number of hydrogen-bond donors (Lipinski definition) is 1. The molecule has 0 aliphatic heterocycles. The van der Waals surface area contributed by atoms with Gasteiger partial charge in [0.1, 0.15) is 0 Å². The molecule has 0 atom stereocenters. The van der Waals surface area contributed by atoms with E-state index in [4.69, 9.17) is 9.84 Å². The van der Waals surface area contributed by atoms with Gasteiger partial charge in [-0.1, -0.05) is 0 Å². The Morgan fingerprint density at radius 3 is 2.67 bits per heavy atom. The molecule has 1 aromatic carbocycles. The minimum absolute atomic E-state index is 0.262. The first-order chi connectivity index (χ1) is 10.1. The molecule has 7 heteroatoms. The van der Waals surface area contributed by atoms with Crippen molar-refractivity contribution in [3.63, 3.8) is 0 Å². The number of carbonyl (C=O) groups excluding carboxylic acids is 1. The molecule has 0 spiro atoms. The molecule has 0 aliphatic rings. The van der Waals surface area contributed by atoms with Crippen LogP contribution in [0.2, 0.25) is 0 Å². The Balaban J connectivity index is 1.94. The summed E-state index contributed by atoms with van der Waals surface area (Å²) in [5.74, 6) is -0.725. The van der Waals surface area contributed by atoms with Crippen molar-refractivity contribution in [2.24, 2.45) is 0 Å². The minimum Gasteiger partial charge on any atom is -0.478 e. The quantitative estimate of drug-likeness (QED) is 0.649. The van der Waals surface area contributed by atoms with Crippen molar-refractivity contribution in [1.29, 1.82) is 0 Å². The van der Waals surface area contributed by atoms with Crippen LogP contribution in [0.1, 0.15) is 32.8 Å². The number of aromatic nitrogens is 1. The smallest absolute Gasteiger partial charge is 0.367 e. The van der Waals surface area contributed by atoms with Crippen molar-refractivity contribution in [3.8, 4) is 0 Å². The fourth-order valence-electron chi connectivity index (χ4n) is 1.51. The van der Waals surface area contributed by atoms with Crippen LogP contribution in [0.15, 0.2) is 34.5 Å². The molecular formula is C14H13NO4S2. The lowest BCUT2D eigenvalue weighted by molar-refractivity contribution is 0.0525. The Hall–Kier alpha value is -1.86. The van der Waals surface area contributed by atoms with Crippen molar-refractivity contribution in [2.45, 2.75) is 17.6 Å². The Morgan fingerprint density at radius 2 is 2.05 bits per heavy atom. The molecule has 0 saturated carbocycles. The topological polar surface area (TPSA) is 76.5 Å². The molecule has 1 N–H and O–H groups in total. The molecule has 2 rings (SSSR count). The summed E-state index contributed by atoms with van der Waals surface area (Å²) in [6.07, 6.45) is 0. The second-order valence-electron chi connectivity index (χ2n) is 3.98. The van der Waals surface area contributed by atoms with Gasteiger partial charge in [0.15, 0.2) is 0 Å². The highest BCUT2D eigenvalue weighted by atomic mass is 32.2. The van der Waals surface area contributed by atoms with Gasteiger partial charge in [-0.3, -0.25) is 0 Å². The van der Waals surface area contributed by atoms with Gasteiger partial charge in [0, 0.05) is 16.0 Å². The first-order valence-corrected chi connectivity index (χ1v) is 8.04. The number of esters is 1. The van der Waals surface area contributed by atoms with E-state index in [1.165, 1.54) is 23.1 Å². The number of benzene rings is 1. The van der Waals surface area contributed by atoms with Crippen LogP contribution in [-0.4, -0.2) is 28.6 Å². The van der Waals surface area contributed by atoms with Gasteiger partial charge in [0.05, 0.1) is 17.9 Å². The summed E-state index contributed by atoms with van der Waals surface area (Å²) in [5, 5.41) is 11.0. The van der Waals surface area contributed by atoms with Gasteiger partial charge in [0.2, 0.25) is 5.01 Å². The predicted octanol–water partition coefficient (Wildman–Crippen LogP) is 3.31. The number of aromatic carboxylic acids is 1. The SMILES string of the molecule is CCOC(=O)c1nc(CSc2ccc(C(=O)O)cc2)cs1. The Bertz CT molecular complexity index is 637. The van der Waals surface area contributed by atoms with Gasteiger partial charge in [-0.2, -0.15) is 0 Å². The van der Waals surface area contributed by atoms with Gasteiger partial charge in [-0.15, -0.1) is 23.1 Å². The zero-order chi connectivity index (χ0) is 15.2. The molecule has 0 radical (unpaired) electrons. The third-order valence-corrected chi connectivity index (χ3v) is 4.41. The van der Waals surface area contributed by atoms with Gasteiger partial charge < -0.3 is 9.84 Å². The Morgan fingerprint density at radius 1 is 1.33 bits per heavy atom. The van der Waals surface area contributed by atoms with Crippen molar-refractivity contribution in [1.82, 2.24) is 4.98 Å². The van der Waals surface area contributed by atoms with Crippen molar-refractivity contribution in [3.05, 3.63) is 45.9 Å². The lowest BCUT2D eigenvalue weighted by Gasteiger charge is -2.00. The van der Waals surface area contributed by atoms with Gasteiger partial charge in [0.25, 0.3) is 0 Å². The second-order valence-corrected chi connectivity index (χ2v) is 5.89. The summed E-state index contributed by atoms with van der Waals surface area (Å²) < 4.78 is 4.89. The van der Waals surface area contributed by atoms with E-state index in [0.717, 1.165) is 10.6 Å². The highest BCUT2D eigenvalue weighted by molar-refractivity contribution is 7.98. The van der Waals surface area contributed by atoms with Crippen LogP contribution in [0.3, 0.4) is 0 Å². The second kappa shape index (κ2) is 7.24. The number of thioether (sulfide) groups is 1. The molecule has 5 nitrogen and oxygen atoms in total. The number of rotatable bonds is 6. The molecule has 1 aromatic heterocycles. The summed E-state index contributed by atoms with van der Waals surface area (Å²) >= 11 is 2.79. The molecule has 21 heavy (non-hydrogen) atoms. The van der Waals surface area contributed by atoms with E-state index in [-0.39, 0.29) is 5.56 Å². The van der Waals surface area contributed by atoms with Crippen molar-refractivity contribution < 1.29 is 19.4 Å². The maximum atomic E-state index is 11.5. The van der Waals surface area contributed by atoms with E-state index in [9.17, 15) is 9.59 Å². The van der Waals surface area contributed by atoms with Gasteiger partial charge in [-0.05, 0) is 31.2 Å². The largest absolute Gasteiger partial charge is 0.478 e. The zero-order valence-corrected chi connectivity index (χ0v) is 12.9. The maximum Gasteiger partial charge on any atom is 0.367 e. The monoisotopic (exact) mass is 323 g/mol. The first kappa shape index (κ1) is 15.5. The fourth-order valence-corrected chi connectivity index (χ4v) is 3.12. The van der Waals surface area contributed by atoms with E-state index in [1.54, 1.807) is 31.2 Å². The van der Waals surface area contributed by atoms with Crippen LogP contribution in [-0.2, 0) is 10.5 Å². The van der Waals surface area contributed by atoms with Crippen LogP contribution in [0.5, 0.6) is 0 Å². The predicted molar refractivity (Wildman–Crippen MR) is 81.0 cm³/mol. The highest BCUT2D eigenvalue weighted by Crippen LogP contribution is 2.24. The third kappa shape index (κ3) is 4.30. The number of nitrogens with zero attached hydrogens (tertiary/aromatic N) is 1. The summed E-state index contributed by atoms with van der Waals surface area (Å²) in [6.45, 7) is 2.08. The van der Waals surface area contributed by atoms with E-state index in [1.807, 2.05) is 5.38 Å². The van der Waals surface area contributed by atoms with Crippen LogP contribution in [0, 0.1) is 0 Å². The molecule has 0 aliphatic carbocycles. The molecule has 0 amide bonds. The first-order valence-electron chi connectivity index (χ1n) is 6.18. The lowest BCUT2D eigenvalue weighted by atomic mass is 10.2. The maximum absolute atomic E-state index is 11.5. The molecule has 1 heterocycles. The minimum atomic E-state index is -0.940. The van der Waals surface area contributed by atoms with Gasteiger partial charge in [-0.25, -0.2) is 14.6 Å². The van der Waals surface area contributed by atoms with E-state index in [0.29, 0.717) is 17.4 Å².